The third-order valence-electron chi connectivity index (χ3n) is 2.82. The Bertz CT molecular complexity index is 557. The molecule has 0 spiro atoms. The molecule has 2 aromatic heterocycles. The van der Waals surface area contributed by atoms with Crippen LogP contribution in [0.5, 0.6) is 0 Å². The zero-order chi connectivity index (χ0) is 14.4. The molecule has 6 heteroatoms. The van der Waals surface area contributed by atoms with Crippen molar-refractivity contribution < 1.29 is 9.53 Å². The van der Waals surface area contributed by atoms with E-state index < -0.39 is 0 Å². The number of carbonyl (C=O) groups is 1. The van der Waals surface area contributed by atoms with E-state index in [4.69, 9.17) is 0 Å². The Morgan fingerprint density at radius 2 is 2.25 bits per heavy atom. The lowest BCUT2D eigenvalue weighted by atomic mass is 10.3. The number of aromatic nitrogens is 2. The molecule has 106 valence electrons. The highest BCUT2D eigenvalue weighted by atomic mass is 32.1. The Balaban J connectivity index is 2.06. The Hall–Kier alpha value is -1.95. The van der Waals surface area contributed by atoms with E-state index in [0.717, 1.165) is 23.1 Å². The summed E-state index contributed by atoms with van der Waals surface area (Å²) < 4.78 is 4.65. The molecule has 0 atom stereocenters. The van der Waals surface area contributed by atoms with Crippen molar-refractivity contribution in [2.75, 3.05) is 18.6 Å². The van der Waals surface area contributed by atoms with Gasteiger partial charge in [-0.3, -0.25) is 9.78 Å². The number of ether oxygens (including phenoxy) is 1. The van der Waals surface area contributed by atoms with Gasteiger partial charge in [-0.05, 0) is 19.1 Å². The molecular weight excluding hydrogens is 274 g/mol. The maximum atomic E-state index is 11.2. The summed E-state index contributed by atoms with van der Waals surface area (Å²) in [5.41, 5.74) is 1.75. The molecule has 2 rings (SSSR count). The van der Waals surface area contributed by atoms with Gasteiger partial charge >= 0.3 is 5.97 Å². The van der Waals surface area contributed by atoms with Gasteiger partial charge in [-0.1, -0.05) is 6.07 Å². The Morgan fingerprint density at radius 1 is 1.40 bits per heavy atom. The number of esters is 1. The van der Waals surface area contributed by atoms with Crippen LogP contribution in [-0.4, -0.2) is 29.6 Å². The molecule has 0 aliphatic heterocycles. The molecule has 0 aliphatic carbocycles. The van der Waals surface area contributed by atoms with Crippen molar-refractivity contribution >= 4 is 22.4 Å². The summed E-state index contributed by atoms with van der Waals surface area (Å²) in [6.07, 6.45) is 2.00. The molecule has 0 amide bonds. The predicted molar refractivity (Wildman–Crippen MR) is 78.8 cm³/mol. The van der Waals surface area contributed by atoms with Crippen molar-refractivity contribution in [1.82, 2.24) is 9.97 Å². The normalized spacial score (nSPS) is 10.3. The second-order valence-corrected chi connectivity index (χ2v) is 5.05. The van der Waals surface area contributed by atoms with Crippen molar-refractivity contribution in [3.8, 4) is 0 Å². The quantitative estimate of drug-likeness (QED) is 0.764. The van der Waals surface area contributed by atoms with Gasteiger partial charge in [-0.15, -0.1) is 11.3 Å². The van der Waals surface area contributed by atoms with E-state index in [1.807, 2.05) is 23.6 Å². The number of thiazole rings is 1. The maximum absolute atomic E-state index is 11.2. The van der Waals surface area contributed by atoms with Gasteiger partial charge < -0.3 is 9.64 Å². The van der Waals surface area contributed by atoms with Crippen LogP contribution < -0.4 is 4.90 Å². The fourth-order valence-corrected chi connectivity index (χ4v) is 2.63. The van der Waals surface area contributed by atoms with E-state index in [1.54, 1.807) is 6.20 Å². The number of methoxy groups -OCH3 is 1. The van der Waals surface area contributed by atoms with Gasteiger partial charge in [0.15, 0.2) is 5.13 Å². The lowest BCUT2D eigenvalue weighted by molar-refractivity contribution is -0.139. The van der Waals surface area contributed by atoms with E-state index in [1.165, 1.54) is 18.4 Å². The number of hydrogen-bond acceptors (Lipinski definition) is 6. The van der Waals surface area contributed by atoms with E-state index in [9.17, 15) is 4.79 Å². The topological polar surface area (TPSA) is 55.3 Å². The highest BCUT2D eigenvalue weighted by Crippen LogP contribution is 2.22. The van der Waals surface area contributed by atoms with E-state index in [2.05, 4.69) is 26.5 Å². The second kappa shape index (κ2) is 7.00. The SMILES string of the molecule is CCN(Cc1ccccn1)c1nc(CC(=O)OC)cs1. The summed E-state index contributed by atoms with van der Waals surface area (Å²) in [6.45, 7) is 3.62. The lowest BCUT2D eigenvalue weighted by Gasteiger charge is -2.19. The van der Waals surface area contributed by atoms with E-state index in [-0.39, 0.29) is 12.4 Å². The molecule has 2 aromatic rings. The summed E-state index contributed by atoms with van der Waals surface area (Å²) in [6, 6.07) is 5.87. The monoisotopic (exact) mass is 291 g/mol. The Kier molecular flexibility index (Phi) is 5.06. The highest BCUT2D eigenvalue weighted by molar-refractivity contribution is 7.13. The molecule has 5 nitrogen and oxygen atoms in total. The first kappa shape index (κ1) is 14.5. The first-order valence-corrected chi connectivity index (χ1v) is 7.27. The lowest BCUT2D eigenvalue weighted by Crippen LogP contribution is -2.22. The van der Waals surface area contributed by atoms with Crippen molar-refractivity contribution in [3.63, 3.8) is 0 Å². The van der Waals surface area contributed by atoms with Gasteiger partial charge in [0.05, 0.1) is 31.5 Å². The molecule has 0 N–H and O–H groups in total. The molecule has 0 fully saturated rings. The van der Waals surface area contributed by atoms with Crippen LogP contribution in [0, 0.1) is 0 Å². The number of pyridine rings is 1. The number of nitrogens with zero attached hydrogens (tertiary/aromatic N) is 3. The van der Waals surface area contributed by atoms with E-state index >= 15 is 0 Å². The molecule has 0 radical (unpaired) electrons. The molecular formula is C14H17N3O2S. The largest absolute Gasteiger partial charge is 0.469 e. The molecule has 2 heterocycles. The van der Waals surface area contributed by atoms with Crippen LogP contribution >= 0.6 is 11.3 Å². The van der Waals surface area contributed by atoms with E-state index in [0.29, 0.717) is 6.54 Å². The molecule has 0 aromatic carbocycles. The molecule has 0 aliphatic rings. The van der Waals surface area contributed by atoms with Gasteiger partial charge in [-0.25, -0.2) is 4.98 Å². The van der Waals surface area contributed by atoms with Crippen LogP contribution in [0.1, 0.15) is 18.3 Å². The van der Waals surface area contributed by atoms with Crippen LogP contribution in [-0.2, 0) is 22.5 Å². The minimum Gasteiger partial charge on any atom is -0.469 e. The summed E-state index contributed by atoms with van der Waals surface area (Å²) in [5, 5.41) is 2.80. The summed E-state index contributed by atoms with van der Waals surface area (Å²) >= 11 is 1.53. The highest BCUT2D eigenvalue weighted by Gasteiger charge is 2.12. The van der Waals surface area contributed by atoms with Gasteiger partial charge in [0.25, 0.3) is 0 Å². The molecule has 0 saturated heterocycles. The predicted octanol–water partition coefficient (Wildman–Crippen LogP) is 2.28. The molecule has 0 unspecified atom stereocenters. The van der Waals surface area contributed by atoms with Gasteiger partial charge in [-0.2, -0.15) is 0 Å². The second-order valence-electron chi connectivity index (χ2n) is 4.21. The molecule has 20 heavy (non-hydrogen) atoms. The Morgan fingerprint density at radius 3 is 2.90 bits per heavy atom. The Labute approximate surface area is 122 Å². The van der Waals surface area contributed by atoms with Crippen LogP contribution in [0.4, 0.5) is 5.13 Å². The van der Waals surface area contributed by atoms with Crippen molar-refractivity contribution in [2.24, 2.45) is 0 Å². The van der Waals surface area contributed by atoms with Gasteiger partial charge in [0.2, 0.25) is 0 Å². The standard InChI is InChI=1S/C14H17N3O2S/c1-3-17(9-11-6-4-5-7-15-11)14-16-12(10-20-14)8-13(18)19-2/h4-7,10H,3,8-9H2,1-2H3. The summed E-state index contributed by atoms with van der Waals surface area (Å²) in [5.74, 6) is -0.269. The van der Waals surface area contributed by atoms with Crippen LogP contribution in [0.25, 0.3) is 0 Å². The number of anilines is 1. The number of hydrogen-bond donors (Lipinski definition) is 0. The summed E-state index contributed by atoms with van der Waals surface area (Å²) in [7, 11) is 1.38. The van der Waals surface area contributed by atoms with Gasteiger partial charge in [0, 0.05) is 18.1 Å². The summed E-state index contributed by atoms with van der Waals surface area (Å²) in [4.78, 5) is 22.2. The fourth-order valence-electron chi connectivity index (χ4n) is 1.74. The maximum Gasteiger partial charge on any atom is 0.311 e. The average molecular weight is 291 g/mol. The smallest absolute Gasteiger partial charge is 0.311 e. The minimum absolute atomic E-state index is 0.216. The van der Waals surface area contributed by atoms with Crippen LogP contribution in [0.2, 0.25) is 0 Å². The minimum atomic E-state index is -0.269. The van der Waals surface area contributed by atoms with Crippen molar-refractivity contribution in [2.45, 2.75) is 19.9 Å². The van der Waals surface area contributed by atoms with Gasteiger partial charge in [0.1, 0.15) is 0 Å². The first-order chi connectivity index (χ1) is 9.72. The third kappa shape index (κ3) is 3.77. The zero-order valence-corrected chi connectivity index (χ0v) is 12.4. The zero-order valence-electron chi connectivity index (χ0n) is 11.6. The molecule has 0 saturated carbocycles. The number of carbonyl (C=O) groups excluding carboxylic acids is 1. The van der Waals surface area contributed by atoms with Crippen LogP contribution in [0.3, 0.4) is 0 Å². The van der Waals surface area contributed by atoms with Crippen molar-refractivity contribution in [1.29, 1.82) is 0 Å². The van der Waals surface area contributed by atoms with Crippen LogP contribution in [0.15, 0.2) is 29.8 Å². The fraction of sp³-hybridized carbons (Fsp3) is 0.357. The first-order valence-electron chi connectivity index (χ1n) is 6.39. The van der Waals surface area contributed by atoms with Crippen molar-refractivity contribution in [3.05, 3.63) is 41.2 Å². The third-order valence-corrected chi connectivity index (χ3v) is 3.77. The number of rotatable bonds is 6. The average Bonchev–Trinajstić information content (AvgIpc) is 2.94. The molecule has 0 bridgehead atoms.